The number of rotatable bonds is 5. The van der Waals surface area contributed by atoms with Gasteiger partial charge >= 0.3 is 0 Å². The predicted molar refractivity (Wildman–Crippen MR) is 128 cm³/mol. The first-order valence-corrected chi connectivity index (χ1v) is 13.2. The molecule has 1 amide bonds. The maximum Gasteiger partial charge on any atom is 0.282 e. The summed E-state index contributed by atoms with van der Waals surface area (Å²) in [5.74, 6) is -0.729. The van der Waals surface area contributed by atoms with Gasteiger partial charge in [0.2, 0.25) is 5.91 Å². The Hall–Kier alpha value is -3.12. The standard InChI is InChI=1S/C23H28FN7O3S/c1-16(2)31-15-26-23(27-31)35(33,34)30-8-6-17(14-30)22(32)29-11-9-28(10-12-29)21-5-7-25-20-13-18(24)3-4-19(20)21/h3-5,7,13,15-17H,6,8-12,14H2,1-2H3/t17-/m0/s1. The summed E-state index contributed by atoms with van der Waals surface area (Å²) >= 11 is 0. The summed E-state index contributed by atoms with van der Waals surface area (Å²) in [7, 11) is -3.84. The third kappa shape index (κ3) is 4.47. The molecule has 0 N–H and O–H groups in total. The number of carbonyl (C=O) groups excluding carboxylic acids is 1. The Balaban J connectivity index is 1.22. The molecule has 10 nitrogen and oxygen atoms in total. The summed E-state index contributed by atoms with van der Waals surface area (Å²) in [6.45, 7) is 6.53. The average Bonchev–Trinajstić information content (AvgIpc) is 3.54. The highest BCUT2D eigenvalue weighted by Crippen LogP contribution is 2.28. The molecule has 3 aromatic rings. The van der Waals surface area contributed by atoms with Crippen molar-refractivity contribution >= 4 is 32.5 Å². The summed E-state index contributed by atoms with van der Waals surface area (Å²) in [4.78, 5) is 25.4. The largest absolute Gasteiger partial charge is 0.367 e. The second kappa shape index (κ2) is 9.15. The highest BCUT2D eigenvalue weighted by Gasteiger charge is 2.39. The number of hydrogen-bond acceptors (Lipinski definition) is 7. The molecule has 0 aliphatic carbocycles. The lowest BCUT2D eigenvalue weighted by Gasteiger charge is -2.37. The zero-order valence-electron chi connectivity index (χ0n) is 19.7. The lowest BCUT2D eigenvalue weighted by molar-refractivity contribution is -0.135. The molecule has 2 fully saturated rings. The molecule has 2 aliphatic rings. The highest BCUT2D eigenvalue weighted by molar-refractivity contribution is 7.89. The van der Waals surface area contributed by atoms with Crippen LogP contribution in [0.1, 0.15) is 26.3 Å². The normalized spacial score (nSPS) is 19.7. The van der Waals surface area contributed by atoms with E-state index in [0.717, 1.165) is 11.1 Å². The van der Waals surface area contributed by atoms with E-state index in [1.165, 1.54) is 27.4 Å². The van der Waals surface area contributed by atoms with Crippen LogP contribution in [0.5, 0.6) is 0 Å². The number of carbonyl (C=O) groups is 1. The van der Waals surface area contributed by atoms with E-state index in [1.54, 1.807) is 12.3 Å². The Morgan fingerprint density at radius 2 is 1.86 bits per heavy atom. The van der Waals surface area contributed by atoms with Gasteiger partial charge in [0.25, 0.3) is 15.2 Å². The van der Waals surface area contributed by atoms with Crippen LogP contribution in [0.4, 0.5) is 10.1 Å². The van der Waals surface area contributed by atoms with E-state index in [-0.39, 0.29) is 41.9 Å². The fourth-order valence-corrected chi connectivity index (χ4v) is 6.03. The van der Waals surface area contributed by atoms with Crippen LogP contribution in [-0.2, 0) is 14.8 Å². The van der Waals surface area contributed by atoms with Crippen LogP contribution >= 0.6 is 0 Å². The molecule has 2 aliphatic heterocycles. The molecule has 0 spiro atoms. The first kappa shape index (κ1) is 23.6. The molecule has 12 heteroatoms. The van der Waals surface area contributed by atoms with E-state index >= 15 is 0 Å². The molecule has 4 heterocycles. The second-order valence-electron chi connectivity index (χ2n) is 9.25. The molecule has 0 saturated carbocycles. The number of piperazine rings is 1. The molecule has 186 valence electrons. The van der Waals surface area contributed by atoms with Gasteiger partial charge in [0.05, 0.1) is 11.4 Å². The number of hydrogen-bond donors (Lipinski definition) is 0. The molecule has 1 aromatic carbocycles. The number of fused-ring (bicyclic) bond motifs is 1. The van der Waals surface area contributed by atoms with Gasteiger partial charge in [-0.05, 0) is 38.5 Å². The molecule has 0 radical (unpaired) electrons. The van der Waals surface area contributed by atoms with E-state index in [9.17, 15) is 17.6 Å². The van der Waals surface area contributed by atoms with Crippen molar-refractivity contribution in [3.63, 3.8) is 0 Å². The molecule has 2 aromatic heterocycles. The first-order valence-electron chi connectivity index (χ1n) is 11.7. The van der Waals surface area contributed by atoms with E-state index in [1.807, 2.05) is 24.8 Å². The van der Waals surface area contributed by atoms with Crippen molar-refractivity contribution in [1.82, 2.24) is 29.0 Å². The minimum Gasteiger partial charge on any atom is -0.367 e. The van der Waals surface area contributed by atoms with Crippen LogP contribution in [0.25, 0.3) is 10.9 Å². The van der Waals surface area contributed by atoms with Gasteiger partial charge in [-0.1, -0.05) is 0 Å². The van der Waals surface area contributed by atoms with E-state index < -0.39 is 10.0 Å². The third-order valence-corrected chi connectivity index (χ3v) is 8.36. The smallest absolute Gasteiger partial charge is 0.282 e. The quantitative estimate of drug-likeness (QED) is 0.526. The molecular formula is C23H28FN7O3S. The summed E-state index contributed by atoms with van der Waals surface area (Å²) in [6.07, 6.45) is 3.56. The fraction of sp³-hybridized carbons (Fsp3) is 0.478. The summed E-state index contributed by atoms with van der Waals surface area (Å²) < 4.78 is 42.3. The number of pyridine rings is 1. The van der Waals surface area contributed by atoms with Gasteiger partial charge in [-0.15, -0.1) is 5.10 Å². The van der Waals surface area contributed by atoms with Crippen LogP contribution < -0.4 is 4.90 Å². The summed E-state index contributed by atoms with van der Waals surface area (Å²) in [5.41, 5.74) is 1.56. The molecule has 1 atom stereocenters. The summed E-state index contributed by atoms with van der Waals surface area (Å²) in [6, 6.07) is 6.49. The van der Waals surface area contributed by atoms with Gasteiger partial charge in [-0.3, -0.25) is 9.78 Å². The van der Waals surface area contributed by atoms with Gasteiger partial charge in [0.15, 0.2) is 0 Å². The lowest BCUT2D eigenvalue weighted by Crippen LogP contribution is -2.50. The van der Waals surface area contributed by atoms with E-state index in [4.69, 9.17) is 0 Å². The Kier molecular flexibility index (Phi) is 6.18. The van der Waals surface area contributed by atoms with Crippen LogP contribution in [0.2, 0.25) is 0 Å². The first-order chi connectivity index (χ1) is 16.7. The minimum absolute atomic E-state index is 0.00401. The molecule has 35 heavy (non-hydrogen) atoms. The van der Waals surface area contributed by atoms with Crippen LogP contribution in [0.3, 0.4) is 0 Å². The van der Waals surface area contributed by atoms with Gasteiger partial charge in [0.1, 0.15) is 12.1 Å². The van der Waals surface area contributed by atoms with E-state index in [0.29, 0.717) is 38.1 Å². The zero-order chi connectivity index (χ0) is 24.7. The number of anilines is 1. The van der Waals surface area contributed by atoms with Crippen LogP contribution in [0.15, 0.2) is 41.9 Å². The van der Waals surface area contributed by atoms with Crippen molar-refractivity contribution in [2.75, 3.05) is 44.2 Å². The molecule has 2 saturated heterocycles. The van der Waals surface area contributed by atoms with Crippen molar-refractivity contribution in [2.45, 2.75) is 31.5 Å². The number of benzene rings is 1. The fourth-order valence-electron chi connectivity index (χ4n) is 4.70. The van der Waals surface area contributed by atoms with Crippen molar-refractivity contribution < 1.29 is 17.6 Å². The monoisotopic (exact) mass is 501 g/mol. The Morgan fingerprint density at radius 3 is 2.57 bits per heavy atom. The van der Waals surface area contributed by atoms with Crippen molar-refractivity contribution in [3.05, 3.63) is 42.6 Å². The van der Waals surface area contributed by atoms with Crippen LogP contribution in [0, 0.1) is 11.7 Å². The average molecular weight is 502 g/mol. The topological polar surface area (TPSA) is 105 Å². The van der Waals surface area contributed by atoms with Gasteiger partial charge in [0, 0.05) is 68.6 Å². The Bertz CT molecular complexity index is 1350. The third-order valence-electron chi connectivity index (χ3n) is 6.70. The number of nitrogens with zero attached hydrogens (tertiary/aromatic N) is 7. The SMILES string of the molecule is CC(C)n1cnc(S(=O)(=O)N2CC[C@H](C(=O)N3CCN(c4ccnc5cc(F)ccc45)CC3)C2)n1. The van der Waals surface area contributed by atoms with E-state index in [2.05, 4.69) is 20.0 Å². The number of sulfonamides is 1. The van der Waals surface area contributed by atoms with Gasteiger partial charge < -0.3 is 9.80 Å². The number of halogens is 1. The minimum atomic E-state index is -3.84. The zero-order valence-corrected chi connectivity index (χ0v) is 20.5. The number of aromatic nitrogens is 4. The molecular weight excluding hydrogens is 473 g/mol. The molecule has 0 bridgehead atoms. The molecule has 5 rings (SSSR count). The maximum atomic E-state index is 13.6. The van der Waals surface area contributed by atoms with Gasteiger partial charge in [-0.25, -0.2) is 22.5 Å². The predicted octanol–water partition coefficient (Wildman–Crippen LogP) is 1.91. The maximum absolute atomic E-state index is 13.6. The lowest BCUT2D eigenvalue weighted by atomic mass is 10.1. The van der Waals surface area contributed by atoms with Crippen molar-refractivity contribution in [1.29, 1.82) is 0 Å². The highest BCUT2D eigenvalue weighted by atomic mass is 32.2. The van der Waals surface area contributed by atoms with Crippen LogP contribution in [-0.4, -0.2) is 82.5 Å². The number of amides is 1. The van der Waals surface area contributed by atoms with Gasteiger partial charge in [-0.2, -0.15) is 4.31 Å². The second-order valence-corrected chi connectivity index (χ2v) is 11.1. The van der Waals surface area contributed by atoms with Crippen molar-refractivity contribution in [2.24, 2.45) is 5.92 Å². The molecule has 0 unspecified atom stereocenters. The summed E-state index contributed by atoms with van der Waals surface area (Å²) in [5, 5.41) is 4.75. The Morgan fingerprint density at radius 1 is 1.09 bits per heavy atom. The van der Waals surface area contributed by atoms with Crippen molar-refractivity contribution in [3.8, 4) is 0 Å². The Labute approximate surface area is 203 Å².